The smallest absolute Gasteiger partial charge is 0.276 e. The summed E-state index contributed by atoms with van der Waals surface area (Å²) >= 11 is 0. The quantitative estimate of drug-likeness (QED) is 0.747. The number of hydrazine groups is 1. The van der Waals surface area contributed by atoms with Crippen molar-refractivity contribution in [1.29, 1.82) is 0 Å². The molecule has 0 bridgehead atoms. The summed E-state index contributed by atoms with van der Waals surface area (Å²) in [5, 5.41) is 9.44. The molecule has 0 aromatic heterocycles. The van der Waals surface area contributed by atoms with Gasteiger partial charge < -0.3 is 9.84 Å². The summed E-state index contributed by atoms with van der Waals surface area (Å²) in [7, 11) is 0. The molecule has 0 aliphatic heterocycles. The fraction of sp³-hybridized carbons (Fsp3) is 0.125. The van der Waals surface area contributed by atoms with Gasteiger partial charge in [-0.1, -0.05) is 0 Å². The summed E-state index contributed by atoms with van der Waals surface area (Å²) in [6.07, 6.45) is 0. The molecule has 126 valence electrons. The van der Waals surface area contributed by atoms with Gasteiger partial charge in [0.2, 0.25) is 0 Å². The van der Waals surface area contributed by atoms with Crippen LogP contribution in [0.3, 0.4) is 0 Å². The van der Waals surface area contributed by atoms with Crippen molar-refractivity contribution in [1.82, 2.24) is 10.9 Å². The van der Waals surface area contributed by atoms with Gasteiger partial charge in [0.25, 0.3) is 11.8 Å². The molecule has 0 unspecified atom stereocenters. The van der Waals surface area contributed by atoms with Crippen LogP contribution in [0.25, 0.3) is 0 Å². The Labute approximate surface area is 136 Å². The lowest BCUT2D eigenvalue weighted by atomic mass is 10.1. The van der Waals surface area contributed by atoms with Crippen LogP contribution in [0.5, 0.6) is 11.5 Å². The third-order valence-electron chi connectivity index (χ3n) is 2.98. The Morgan fingerprint density at radius 3 is 2.29 bits per heavy atom. The summed E-state index contributed by atoms with van der Waals surface area (Å²) in [6.45, 7) is 2.30. The van der Waals surface area contributed by atoms with Crippen LogP contribution in [-0.2, 0) is 0 Å². The van der Waals surface area contributed by atoms with Gasteiger partial charge >= 0.3 is 0 Å². The van der Waals surface area contributed by atoms with E-state index in [4.69, 9.17) is 4.74 Å². The average Bonchev–Trinajstić information content (AvgIpc) is 2.52. The summed E-state index contributed by atoms with van der Waals surface area (Å²) in [5.41, 5.74) is 3.46. The summed E-state index contributed by atoms with van der Waals surface area (Å²) in [5.74, 6) is -4.35. The number of phenols is 1. The van der Waals surface area contributed by atoms with E-state index in [2.05, 4.69) is 5.43 Å². The molecule has 0 aliphatic carbocycles. The highest BCUT2D eigenvalue weighted by atomic mass is 19.1. The van der Waals surface area contributed by atoms with E-state index in [1.54, 1.807) is 12.1 Å². The fourth-order valence-electron chi connectivity index (χ4n) is 1.90. The molecule has 2 aromatic carbocycles. The summed E-state index contributed by atoms with van der Waals surface area (Å²) in [4.78, 5) is 23.7. The Bertz CT molecular complexity index is 740. The van der Waals surface area contributed by atoms with Crippen LogP contribution in [0, 0.1) is 11.6 Å². The van der Waals surface area contributed by atoms with Crippen molar-refractivity contribution in [3.8, 4) is 11.5 Å². The first-order valence-corrected chi connectivity index (χ1v) is 6.94. The fourth-order valence-corrected chi connectivity index (χ4v) is 1.90. The van der Waals surface area contributed by atoms with Gasteiger partial charge in [0.05, 0.1) is 6.61 Å². The third-order valence-corrected chi connectivity index (χ3v) is 2.98. The highest BCUT2D eigenvalue weighted by Crippen LogP contribution is 2.21. The standard InChI is InChI=1S/C16H14F2N2O4/c1-2-24-11-5-3-9(4-6-11)15(22)19-20-16(23)14-12(18)7-10(17)8-13(14)21/h3-8,21H,2H2,1H3,(H,19,22)(H,20,23). The van der Waals surface area contributed by atoms with Crippen LogP contribution in [0.15, 0.2) is 36.4 Å². The number of phenolic OH excluding ortho intramolecular Hbond substituents is 1. The van der Waals surface area contributed by atoms with Gasteiger partial charge in [-0.25, -0.2) is 8.78 Å². The molecule has 0 spiro atoms. The number of carbonyl (C=O) groups is 2. The topological polar surface area (TPSA) is 87.7 Å². The number of rotatable bonds is 4. The molecule has 24 heavy (non-hydrogen) atoms. The molecule has 6 nitrogen and oxygen atoms in total. The lowest BCUT2D eigenvalue weighted by Crippen LogP contribution is -2.42. The highest BCUT2D eigenvalue weighted by Gasteiger charge is 2.19. The van der Waals surface area contributed by atoms with Crippen molar-refractivity contribution < 1.29 is 28.2 Å². The van der Waals surface area contributed by atoms with E-state index >= 15 is 0 Å². The summed E-state index contributed by atoms with van der Waals surface area (Å²) in [6, 6.07) is 7.14. The van der Waals surface area contributed by atoms with Gasteiger partial charge in [-0.2, -0.15) is 0 Å². The van der Waals surface area contributed by atoms with Crippen molar-refractivity contribution >= 4 is 11.8 Å². The molecule has 0 radical (unpaired) electrons. The maximum absolute atomic E-state index is 13.5. The van der Waals surface area contributed by atoms with Gasteiger partial charge in [0.15, 0.2) is 0 Å². The number of nitrogens with one attached hydrogen (secondary N) is 2. The Balaban J connectivity index is 2.02. The predicted molar refractivity (Wildman–Crippen MR) is 80.6 cm³/mol. The second-order valence-electron chi connectivity index (χ2n) is 4.65. The minimum absolute atomic E-state index is 0.225. The molecule has 0 fully saturated rings. The minimum Gasteiger partial charge on any atom is -0.507 e. The van der Waals surface area contributed by atoms with Crippen molar-refractivity contribution in [3.05, 3.63) is 59.2 Å². The zero-order valence-corrected chi connectivity index (χ0v) is 12.6. The van der Waals surface area contributed by atoms with E-state index < -0.39 is 34.8 Å². The molecular weight excluding hydrogens is 322 g/mol. The van der Waals surface area contributed by atoms with Crippen molar-refractivity contribution in [2.75, 3.05) is 6.61 Å². The molecule has 2 rings (SSSR count). The van der Waals surface area contributed by atoms with Crippen molar-refractivity contribution in [3.63, 3.8) is 0 Å². The second-order valence-corrected chi connectivity index (χ2v) is 4.65. The number of halogens is 2. The molecule has 0 heterocycles. The zero-order valence-electron chi connectivity index (χ0n) is 12.6. The van der Waals surface area contributed by atoms with Crippen molar-refractivity contribution in [2.45, 2.75) is 6.92 Å². The van der Waals surface area contributed by atoms with Gasteiger partial charge in [-0.05, 0) is 31.2 Å². The molecule has 0 atom stereocenters. The van der Waals surface area contributed by atoms with Crippen LogP contribution in [0.2, 0.25) is 0 Å². The first-order chi connectivity index (χ1) is 11.4. The monoisotopic (exact) mass is 336 g/mol. The number of benzene rings is 2. The predicted octanol–water partition coefficient (Wildman–Crippen LogP) is 2.14. The van der Waals surface area contributed by atoms with Crippen LogP contribution in [0.4, 0.5) is 8.78 Å². The van der Waals surface area contributed by atoms with Crippen LogP contribution < -0.4 is 15.6 Å². The Morgan fingerprint density at radius 2 is 1.71 bits per heavy atom. The minimum atomic E-state index is -1.25. The van der Waals surface area contributed by atoms with Gasteiger partial charge in [0, 0.05) is 17.7 Å². The third kappa shape index (κ3) is 3.97. The SMILES string of the molecule is CCOc1ccc(C(=O)NNC(=O)c2c(O)cc(F)cc2F)cc1. The van der Waals surface area contributed by atoms with Crippen LogP contribution >= 0.6 is 0 Å². The lowest BCUT2D eigenvalue weighted by molar-refractivity contribution is 0.0842. The van der Waals surface area contributed by atoms with Gasteiger partial charge in [-0.15, -0.1) is 0 Å². The van der Waals surface area contributed by atoms with Crippen LogP contribution in [-0.4, -0.2) is 23.5 Å². The Hall–Kier alpha value is -3.16. The Kier molecular flexibility index (Phi) is 5.31. The number of hydrogen-bond acceptors (Lipinski definition) is 4. The molecule has 8 heteroatoms. The molecular formula is C16H14F2N2O4. The number of ether oxygens (including phenoxy) is 1. The normalized spacial score (nSPS) is 10.1. The second kappa shape index (κ2) is 7.40. The lowest BCUT2D eigenvalue weighted by Gasteiger charge is -2.10. The van der Waals surface area contributed by atoms with E-state index in [9.17, 15) is 23.5 Å². The van der Waals surface area contributed by atoms with E-state index in [1.165, 1.54) is 12.1 Å². The number of aromatic hydroxyl groups is 1. The number of carbonyl (C=O) groups excluding carboxylic acids is 2. The maximum Gasteiger partial charge on any atom is 0.276 e. The highest BCUT2D eigenvalue weighted by molar-refractivity contribution is 6.00. The van der Waals surface area contributed by atoms with E-state index in [0.29, 0.717) is 24.5 Å². The molecule has 3 N–H and O–H groups in total. The van der Waals surface area contributed by atoms with Gasteiger partial charge in [0.1, 0.15) is 28.7 Å². The maximum atomic E-state index is 13.5. The van der Waals surface area contributed by atoms with Gasteiger partial charge in [-0.3, -0.25) is 20.4 Å². The first kappa shape index (κ1) is 17.2. The number of hydrogen-bond donors (Lipinski definition) is 3. The average molecular weight is 336 g/mol. The zero-order chi connectivity index (χ0) is 17.7. The van der Waals surface area contributed by atoms with E-state index in [1.807, 2.05) is 12.3 Å². The molecule has 0 saturated heterocycles. The van der Waals surface area contributed by atoms with Crippen LogP contribution in [0.1, 0.15) is 27.6 Å². The Morgan fingerprint density at radius 1 is 1.08 bits per heavy atom. The molecule has 2 aromatic rings. The molecule has 2 amide bonds. The van der Waals surface area contributed by atoms with Crippen molar-refractivity contribution in [2.24, 2.45) is 0 Å². The van der Waals surface area contributed by atoms with E-state index in [-0.39, 0.29) is 5.56 Å². The number of amides is 2. The largest absolute Gasteiger partial charge is 0.507 e. The first-order valence-electron chi connectivity index (χ1n) is 6.94. The summed E-state index contributed by atoms with van der Waals surface area (Å²) < 4.78 is 31.7. The molecule has 0 aliphatic rings. The van der Waals surface area contributed by atoms with E-state index in [0.717, 1.165) is 0 Å². The molecule has 0 saturated carbocycles.